The van der Waals surface area contributed by atoms with Gasteiger partial charge < -0.3 is 10.0 Å². The molecule has 0 aliphatic heterocycles. The molecular weight excluding hydrogens is 294 g/mol. The number of aryl methyl sites for hydroxylation is 1. The zero-order chi connectivity index (χ0) is 13.1. The Morgan fingerprint density at radius 3 is 2.72 bits per heavy atom. The Labute approximate surface area is 116 Å². The van der Waals surface area contributed by atoms with Gasteiger partial charge in [0, 0.05) is 22.6 Å². The third kappa shape index (κ3) is 2.75. The molecular formula is C14H18BrNO2. The van der Waals surface area contributed by atoms with Gasteiger partial charge in [-0.05, 0) is 49.9 Å². The molecule has 1 aliphatic rings. The highest BCUT2D eigenvalue weighted by Crippen LogP contribution is 2.27. The molecule has 0 unspecified atom stereocenters. The summed E-state index contributed by atoms with van der Waals surface area (Å²) in [6, 6.07) is 6.00. The van der Waals surface area contributed by atoms with Crippen LogP contribution in [0.25, 0.3) is 0 Å². The molecule has 0 saturated heterocycles. The van der Waals surface area contributed by atoms with E-state index in [2.05, 4.69) is 15.9 Å². The normalized spacial score (nSPS) is 15.3. The van der Waals surface area contributed by atoms with Gasteiger partial charge in [0.25, 0.3) is 5.91 Å². The molecule has 0 atom stereocenters. The van der Waals surface area contributed by atoms with Crippen LogP contribution in [0, 0.1) is 6.92 Å². The molecule has 1 N–H and O–H groups in total. The number of rotatable bonds is 4. The molecule has 1 aromatic rings. The van der Waals surface area contributed by atoms with E-state index in [1.54, 1.807) is 0 Å². The fourth-order valence-electron chi connectivity index (χ4n) is 2.28. The molecule has 2 rings (SSSR count). The lowest BCUT2D eigenvalue weighted by Crippen LogP contribution is -2.45. The molecule has 1 fully saturated rings. The zero-order valence-corrected chi connectivity index (χ0v) is 12.1. The summed E-state index contributed by atoms with van der Waals surface area (Å²) >= 11 is 3.40. The number of hydrogen-bond donors (Lipinski definition) is 1. The Balaban J connectivity index is 2.21. The van der Waals surface area contributed by atoms with Gasteiger partial charge in [0.05, 0.1) is 6.61 Å². The van der Waals surface area contributed by atoms with E-state index in [4.69, 9.17) is 5.11 Å². The lowest BCUT2D eigenvalue weighted by molar-refractivity contribution is 0.0525. The first-order chi connectivity index (χ1) is 8.63. The van der Waals surface area contributed by atoms with Gasteiger partial charge in [0.1, 0.15) is 0 Å². The summed E-state index contributed by atoms with van der Waals surface area (Å²) in [5.74, 6) is 0.0405. The smallest absolute Gasteiger partial charge is 0.254 e. The molecule has 1 saturated carbocycles. The molecule has 0 heterocycles. The first-order valence-corrected chi connectivity index (χ1v) is 7.10. The fourth-order valence-corrected chi connectivity index (χ4v) is 2.75. The molecule has 3 nitrogen and oxygen atoms in total. The van der Waals surface area contributed by atoms with E-state index in [9.17, 15) is 4.79 Å². The maximum absolute atomic E-state index is 12.5. The van der Waals surface area contributed by atoms with Crippen LogP contribution >= 0.6 is 15.9 Å². The van der Waals surface area contributed by atoms with Crippen molar-refractivity contribution in [3.8, 4) is 0 Å². The van der Waals surface area contributed by atoms with Crippen molar-refractivity contribution < 1.29 is 9.90 Å². The van der Waals surface area contributed by atoms with E-state index in [1.165, 1.54) is 6.42 Å². The van der Waals surface area contributed by atoms with Crippen LogP contribution in [0.15, 0.2) is 22.7 Å². The first-order valence-electron chi connectivity index (χ1n) is 6.31. The van der Waals surface area contributed by atoms with Crippen LogP contribution in [-0.2, 0) is 0 Å². The highest BCUT2D eigenvalue weighted by atomic mass is 79.9. The lowest BCUT2D eigenvalue weighted by atomic mass is 9.90. The minimum absolute atomic E-state index is 0.0256. The summed E-state index contributed by atoms with van der Waals surface area (Å²) < 4.78 is 0.980. The van der Waals surface area contributed by atoms with Crippen molar-refractivity contribution in [2.45, 2.75) is 32.2 Å². The van der Waals surface area contributed by atoms with E-state index in [1.807, 2.05) is 30.0 Å². The van der Waals surface area contributed by atoms with Crippen molar-refractivity contribution in [3.63, 3.8) is 0 Å². The van der Waals surface area contributed by atoms with E-state index >= 15 is 0 Å². The molecule has 1 amide bonds. The van der Waals surface area contributed by atoms with E-state index < -0.39 is 0 Å². The number of aliphatic hydroxyl groups is 1. The average Bonchev–Trinajstić information content (AvgIpc) is 2.25. The van der Waals surface area contributed by atoms with Gasteiger partial charge in [0.2, 0.25) is 0 Å². The predicted octanol–water partition coefficient (Wildman–Crippen LogP) is 2.74. The van der Waals surface area contributed by atoms with Gasteiger partial charge in [-0.3, -0.25) is 4.79 Å². The second kappa shape index (κ2) is 5.85. The average molecular weight is 312 g/mol. The molecule has 1 aliphatic carbocycles. The quantitative estimate of drug-likeness (QED) is 0.929. The van der Waals surface area contributed by atoms with Gasteiger partial charge in [-0.15, -0.1) is 0 Å². The highest BCUT2D eigenvalue weighted by molar-refractivity contribution is 9.10. The number of carbonyl (C=O) groups is 1. The van der Waals surface area contributed by atoms with Crippen LogP contribution in [-0.4, -0.2) is 35.1 Å². The van der Waals surface area contributed by atoms with Gasteiger partial charge in [-0.25, -0.2) is 0 Å². The molecule has 18 heavy (non-hydrogen) atoms. The number of aliphatic hydroxyl groups excluding tert-OH is 1. The molecule has 98 valence electrons. The van der Waals surface area contributed by atoms with E-state index in [-0.39, 0.29) is 12.5 Å². The highest BCUT2D eigenvalue weighted by Gasteiger charge is 2.29. The number of carbonyl (C=O) groups excluding carboxylic acids is 1. The molecule has 0 aromatic heterocycles. The Kier molecular flexibility index (Phi) is 4.40. The molecule has 0 spiro atoms. The summed E-state index contributed by atoms with van der Waals surface area (Å²) in [6.07, 6.45) is 3.29. The van der Waals surface area contributed by atoms with Crippen molar-refractivity contribution in [1.82, 2.24) is 4.90 Å². The number of halogens is 1. The maximum Gasteiger partial charge on any atom is 0.254 e. The third-order valence-electron chi connectivity index (χ3n) is 3.54. The Bertz CT molecular complexity index is 443. The lowest BCUT2D eigenvalue weighted by Gasteiger charge is -2.37. The Morgan fingerprint density at radius 1 is 1.50 bits per heavy atom. The van der Waals surface area contributed by atoms with Gasteiger partial charge in [-0.1, -0.05) is 15.9 Å². The summed E-state index contributed by atoms with van der Waals surface area (Å²) in [7, 11) is 0. The Hall–Kier alpha value is -0.870. The number of nitrogens with zero attached hydrogens (tertiary/aromatic N) is 1. The van der Waals surface area contributed by atoms with Crippen LogP contribution in [0.2, 0.25) is 0 Å². The van der Waals surface area contributed by atoms with E-state index in [0.717, 1.165) is 28.4 Å². The molecule has 4 heteroatoms. The molecule has 0 radical (unpaired) electrons. The predicted molar refractivity (Wildman–Crippen MR) is 74.6 cm³/mol. The van der Waals surface area contributed by atoms with Crippen molar-refractivity contribution >= 4 is 21.8 Å². The third-order valence-corrected chi connectivity index (χ3v) is 4.03. The van der Waals surface area contributed by atoms with Crippen molar-refractivity contribution in [2.24, 2.45) is 0 Å². The van der Waals surface area contributed by atoms with Gasteiger partial charge >= 0.3 is 0 Å². The number of benzene rings is 1. The van der Waals surface area contributed by atoms with Crippen molar-refractivity contribution in [3.05, 3.63) is 33.8 Å². The van der Waals surface area contributed by atoms with Crippen molar-refractivity contribution in [1.29, 1.82) is 0 Å². The minimum Gasteiger partial charge on any atom is -0.395 e. The summed E-state index contributed by atoms with van der Waals surface area (Å²) in [5.41, 5.74) is 1.70. The summed E-state index contributed by atoms with van der Waals surface area (Å²) in [6.45, 7) is 2.40. The van der Waals surface area contributed by atoms with Crippen LogP contribution in [0.4, 0.5) is 0 Å². The van der Waals surface area contributed by atoms with E-state index in [0.29, 0.717) is 12.6 Å². The standard InChI is InChI=1S/C14H18BrNO2/c1-10-9-11(15)5-6-13(10)14(18)16(7-8-17)12-3-2-4-12/h5-6,9,12,17H,2-4,7-8H2,1H3. The van der Waals surface area contributed by atoms with Gasteiger partial charge in [0.15, 0.2) is 0 Å². The first kappa shape index (κ1) is 13.6. The Morgan fingerprint density at radius 2 is 2.22 bits per heavy atom. The van der Waals surface area contributed by atoms with Crippen LogP contribution in [0.5, 0.6) is 0 Å². The van der Waals surface area contributed by atoms with Gasteiger partial charge in [-0.2, -0.15) is 0 Å². The zero-order valence-electron chi connectivity index (χ0n) is 10.5. The number of hydrogen-bond acceptors (Lipinski definition) is 2. The second-order valence-corrected chi connectivity index (χ2v) is 5.68. The molecule has 0 bridgehead atoms. The topological polar surface area (TPSA) is 40.5 Å². The molecule has 1 aromatic carbocycles. The number of amides is 1. The largest absolute Gasteiger partial charge is 0.395 e. The van der Waals surface area contributed by atoms with Crippen molar-refractivity contribution in [2.75, 3.05) is 13.2 Å². The monoisotopic (exact) mass is 311 g/mol. The SMILES string of the molecule is Cc1cc(Br)ccc1C(=O)N(CCO)C1CCC1. The maximum atomic E-state index is 12.5. The van der Waals surface area contributed by atoms with Crippen LogP contribution < -0.4 is 0 Å². The van der Waals surface area contributed by atoms with Crippen LogP contribution in [0.1, 0.15) is 35.2 Å². The minimum atomic E-state index is 0.0256. The second-order valence-electron chi connectivity index (χ2n) is 4.77. The summed E-state index contributed by atoms with van der Waals surface area (Å²) in [4.78, 5) is 14.3. The fraction of sp³-hybridized carbons (Fsp3) is 0.500. The van der Waals surface area contributed by atoms with Crippen LogP contribution in [0.3, 0.4) is 0 Å². The summed E-state index contributed by atoms with van der Waals surface area (Å²) in [5, 5.41) is 9.11.